The van der Waals surface area contributed by atoms with Crippen molar-refractivity contribution in [1.82, 2.24) is 10.2 Å². The Kier molecular flexibility index (Phi) is 5.30. The predicted octanol–water partition coefficient (Wildman–Crippen LogP) is 3.97. The second-order valence-corrected chi connectivity index (χ2v) is 8.58. The van der Waals surface area contributed by atoms with E-state index in [1.165, 1.54) is 22.3 Å². The number of piperidine rings is 1. The van der Waals surface area contributed by atoms with E-state index in [2.05, 4.69) is 29.6 Å². The minimum atomic E-state index is -0.346. The lowest BCUT2D eigenvalue weighted by atomic mass is 9.89. The molecule has 0 bridgehead atoms. The van der Waals surface area contributed by atoms with Gasteiger partial charge in [-0.1, -0.05) is 48.5 Å². The zero-order valence-electron chi connectivity index (χ0n) is 17.2. The number of ketones is 1. The fraction of sp³-hybridized carbons (Fsp3) is 0.440. The summed E-state index contributed by atoms with van der Waals surface area (Å²) in [7, 11) is 0. The summed E-state index contributed by atoms with van der Waals surface area (Å²) in [4.78, 5) is 27.7. The Morgan fingerprint density at radius 1 is 0.933 bits per heavy atom. The number of hydrogen-bond donors (Lipinski definition) is 1. The van der Waals surface area contributed by atoms with E-state index in [-0.39, 0.29) is 29.8 Å². The monoisotopic (exact) mass is 404 g/mol. The van der Waals surface area contributed by atoms with Crippen LogP contribution in [0.1, 0.15) is 42.7 Å². The largest absolute Gasteiger partial charge is 0.448 e. The van der Waals surface area contributed by atoms with E-state index in [0.29, 0.717) is 13.2 Å². The number of amides is 1. The maximum absolute atomic E-state index is 13.0. The first-order valence-electron chi connectivity index (χ1n) is 11.1. The van der Waals surface area contributed by atoms with Crippen molar-refractivity contribution in [1.29, 1.82) is 0 Å². The topological polar surface area (TPSA) is 58.6 Å². The van der Waals surface area contributed by atoms with Crippen molar-refractivity contribution in [2.24, 2.45) is 5.92 Å². The zero-order valence-corrected chi connectivity index (χ0v) is 17.2. The van der Waals surface area contributed by atoms with Crippen molar-refractivity contribution in [3.8, 4) is 11.1 Å². The van der Waals surface area contributed by atoms with Crippen molar-refractivity contribution >= 4 is 11.9 Å². The van der Waals surface area contributed by atoms with Crippen LogP contribution in [0.4, 0.5) is 4.79 Å². The summed E-state index contributed by atoms with van der Waals surface area (Å²) >= 11 is 0. The molecule has 2 aliphatic heterocycles. The molecule has 2 fully saturated rings. The van der Waals surface area contributed by atoms with Gasteiger partial charge in [0, 0.05) is 18.4 Å². The number of hydrogen-bond acceptors (Lipinski definition) is 4. The SMILES string of the molecule is O=C(C1CCNCC1)C1CCCN1C(=O)OCC1c2ccccc2-c2ccccc21. The van der Waals surface area contributed by atoms with Gasteiger partial charge in [0.2, 0.25) is 0 Å². The average Bonchev–Trinajstić information content (AvgIpc) is 3.41. The number of fused-ring (bicyclic) bond motifs is 3. The van der Waals surface area contributed by atoms with Gasteiger partial charge in [0.25, 0.3) is 0 Å². The summed E-state index contributed by atoms with van der Waals surface area (Å²) in [6.07, 6.45) is 3.02. The summed E-state index contributed by atoms with van der Waals surface area (Å²) in [5, 5.41) is 3.30. The van der Waals surface area contributed by atoms with Gasteiger partial charge in [-0.3, -0.25) is 9.69 Å². The maximum atomic E-state index is 13.0. The normalized spacial score (nSPS) is 21.3. The number of Topliss-reactive ketones (excluding diaryl/α,β-unsaturated/α-hetero) is 1. The maximum Gasteiger partial charge on any atom is 0.410 e. The molecular formula is C25H28N2O3. The molecule has 1 aliphatic carbocycles. The first-order chi connectivity index (χ1) is 14.7. The number of ether oxygens (including phenoxy) is 1. The molecule has 5 rings (SSSR count). The molecule has 3 aliphatic rings. The van der Waals surface area contributed by atoms with Gasteiger partial charge < -0.3 is 10.1 Å². The van der Waals surface area contributed by atoms with Crippen LogP contribution in [0.5, 0.6) is 0 Å². The van der Waals surface area contributed by atoms with Gasteiger partial charge in [-0.2, -0.15) is 0 Å². The smallest absolute Gasteiger partial charge is 0.410 e. The molecule has 30 heavy (non-hydrogen) atoms. The molecule has 5 heteroatoms. The van der Waals surface area contributed by atoms with Gasteiger partial charge in [0.15, 0.2) is 5.78 Å². The quantitative estimate of drug-likeness (QED) is 0.838. The third kappa shape index (κ3) is 3.41. The van der Waals surface area contributed by atoms with E-state index < -0.39 is 0 Å². The lowest BCUT2D eigenvalue weighted by Crippen LogP contribution is -2.45. The molecule has 2 saturated heterocycles. The second kappa shape index (κ2) is 8.23. The standard InChI is InChI=1S/C25H28N2O3/c28-24(17-11-13-26-14-12-17)23-10-5-15-27(23)25(29)30-16-22-20-8-3-1-6-18(20)19-7-2-4-9-21(19)22/h1-4,6-9,17,22-23,26H,5,10-16H2. The molecule has 1 N–H and O–H groups in total. The highest BCUT2D eigenvalue weighted by atomic mass is 16.6. The van der Waals surface area contributed by atoms with Crippen LogP contribution in [0.25, 0.3) is 11.1 Å². The number of nitrogens with zero attached hydrogens (tertiary/aromatic N) is 1. The number of benzene rings is 2. The lowest BCUT2D eigenvalue weighted by Gasteiger charge is -2.29. The Morgan fingerprint density at radius 3 is 2.23 bits per heavy atom. The highest BCUT2D eigenvalue weighted by Crippen LogP contribution is 2.44. The van der Waals surface area contributed by atoms with Gasteiger partial charge in [-0.25, -0.2) is 4.79 Å². The number of carbonyl (C=O) groups is 2. The van der Waals surface area contributed by atoms with Crippen LogP contribution >= 0.6 is 0 Å². The Labute approximate surface area is 177 Å². The van der Waals surface area contributed by atoms with Crippen molar-refractivity contribution in [3.05, 3.63) is 59.7 Å². The minimum Gasteiger partial charge on any atom is -0.448 e. The van der Waals surface area contributed by atoms with E-state index in [9.17, 15) is 9.59 Å². The van der Waals surface area contributed by atoms with Gasteiger partial charge in [-0.15, -0.1) is 0 Å². The van der Waals surface area contributed by atoms with Crippen LogP contribution in [-0.4, -0.2) is 49.1 Å². The Bertz CT molecular complexity index is 905. The Morgan fingerprint density at radius 2 is 1.57 bits per heavy atom. The minimum absolute atomic E-state index is 0.0440. The summed E-state index contributed by atoms with van der Waals surface area (Å²) in [6, 6.07) is 16.3. The Balaban J connectivity index is 1.28. The van der Waals surface area contributed by atoms with Crippen molar-refractivity contribution in [3.63, 3.8) is 0 Å². The first-order valence-corrected chi connectivity index (χ1v) is 11.1. The first kappa shape index (κ1) is 19.3. The van der Waals surface area contributed by atoms with Crippen molar-refractivity contribution in [2.75, 3.05) is 26.2 Å². The summed E-state index contributed by atoms with van der Waals surface area (Å²) in [6.45, 7) is 2.68. The van der Waals surface area contributed by atoms with E-state index in [0.717, 1.165) is 38.8 Å². The zero-order chi connectivity index (χ0) is 20.5. The Hall–Kier alpha value is -2.66. The van der Waals surface area contributed by atoms with Crippen LogP contribution in [0.2, 0.25) is 0 Å². The second-order valence-electron chi connectivity index (χ2n) is 8.58. The van der Waals surface area contributed by atoms with E-state index in [1.807, 2.05) is 24.3 Å². The molecule has 1 unspecified atom stereocenters. The highest BCUT2D eigenvalue weighted by molar-refractivity contribution is 5.90. The van der Waals surface area contributed by atoms with Crippen molar-refractivity contribution < 1.29 is 14.3 Å². The molecule has 156 valence electrons. The average molecular weight is 405 g/mol. The summed E-state index contributed by atoms with van der Waals surface area (Å²) < 4.78 is 5.81. The van der Waals surface area contributed by atoms with E-state index in [1.54, 1.807) is 4.90 Å². The fourth-order valence-electron chi connectivity index (χ4n) is 5.34. The van der Waals surface area contributed by atoms with Crippen LogP contribution < -0.4 is 5.32 Å². The van der Waals surface area contributed by atoms with Crippen LogP contribution in [0.15, 0.2) is 48.5 Å². The summed E-state index contributed by atoms with van der Waals surface area (Å²) in [5.74, 6) is 0.336. The summed E-state index contributed by atoms with van der Waals surface area (Å²) in [5.41, 5.74) is 4.84. The molecule has 2 aromatic rings. The molecule has 1 amide bonds. The number of nitrogens with one attached hydrogen (secondary N) is 1. The molecule has 1 atom stereocenters. The molecule has 2 heterocycles. The molecular weight excluding hydrogens is 376 g/mol. The third-order valence-electron chi connectivity index (χ3n) is 6.89. The van der Waals surface area contributed by atoms with Crippen LogP contribution in [-0.2, 0) is 9.53 Å². The third-order valence-corrected chi connectivity index (χ3v) is 6.89. The van der Waals surface area contributed by atoms with Gasteiger partial charge >= 0.3 is 6.09 Å². The van der Waals surface area contributed by atoms with Crippen molar-refractivity contribution in [2.45, 2.75) is 37.6 Å². The van der Waals surface area contributed by atoms with E-state index in [4.69, 9.17) is 4.74 Å². The van der Waals surface area contributed by atoms with Crippen LogP contribution in [0, 0.1) is 5.92 Å². The molecule has 0 radical (unpaired) electrons. The number of carbonyl (C=O) groups excluding carboxylic acids is 2. The predicted molar refractivity (Wildman–Crippen MR) is 115 cm³/mol. The molecule has 0 saturated carbocycles. The molecule has 5 nitrogen and oxygen atoms in total. The van der Waals surface area contributed by atoms with Gasteiger partial charge in [0.1, 0.15) is 6.61 Å². The van der Waals surface area contributed by atoms with Gasteiger partial charge in [0.05, 0.1) is 6.04 Å². The van der Waals surface area contributed by atoms with Crippen LogP contribution in [0.3, 0.4) is 0 Å². The van der Waals surface area contributed by atoms with Gasteiger partial charge in [-0.05, 0) is 61.0 Å². The number of rotatable bonds is 4. The number of likely N-dealkylation sites (tertiary alicyclic amines) is 1. The highest BCUT2D eigenvalue weighted by Gasteiger charge is 2.39. The molecule has 0 spiro atoms. The molecule has 0 aromatic heterocycles. The fourth-order valence-corrected chi connectivity index (χ4v) is 5.34. The van der Waals surface area contributed by atoms with E-state index >= 15 is 0 Å². The molecule has 2 aromatic carbocycles. The lowest BCUT2D eigenvalue weighted by molar-refractivity contribution is -0.127.